The highest BCUT2D eigenvalue weighted by Gasteiger charge is 2.15. The molecule has 0 aromatic rings. The standard InChI is InChI=1S/C14H29N3O2/c1-12-5-3-8-17(11-12)9-7-15-14(19)16-13(2)6-4-10-18/h12-13,18H,3-11H2,1-2H3,(H2,15,16,19). The van der Waals surface area contributed by atoms with Gasteiger partial charge in [-0.1, -0.05) is 6.92 Å². The number of hydrogen-bond donors (Lipinski definition) is 3. The highest BCUT2D eigenvalue weighted by Crippen LogP contribution is 2.14. The third-order valence-corrected chi connectivity index (χ3v) is 3.63. The van der Waals surface area contributed by atoms with Crippen LogP contribution in [0.1, 0.15) is 39.5 Å². The monoisotopic (exact) mass is 271 g/mol. The van der Waals surface area contributed by atoms with Crippen LogP contribution in [-0.4, -0.2) is 54.9 Å². The van der Waals surface area contributed by atoms with Crippen molar-refractivity contribution >= 4 is 6.03 Å². The lowest BCUT2D eigenvalue weighted by atomic mass is 10.0. The summed E-state index contributed by atoms with van der Waals surface area (Å²) in [7, 11) is 0. The SMILES string of the molecule is CC1CCCN(CCNC(=O)NC(C)CCCO)C1. The minimum atomic E-state index is -0.101. The molecule has 5 nitrogen and oxygen atoms in total. The maximum Gasteiger partial charge on any atom is 0.315 e. The average molecular weight is 271 g/mol. The van der Waals surface area contributed by atoms with Gasteiger partial charge >= 0.3 is 6.03 Å². The number of piperidine rings is 1. The largest absolute Gasteiger partial charge is 0.396 e. The number of aliphatic hydroxyl groups excluding tert-OH is 1. The molecule has 2 amide bonds. The number of aliphatic hydroxyl groups is 1. The summed E-state index contributed by atoms with van der Waals surface area (Å²) in [5.74, 6) is 0.779. The van der Waals surface area contributed by atoms with E-state index in [9.17, 15) is 4.79 Å². The molecule has 1 rings (SSSR count). The number of nitrogens with one attached hydrogen (secondary N) is 2. The van der Waals surface area contributed by atoms with Gasteiger partial charge < -0.3 is 20.6 Å². The second kappa shape index (κ2) is 9.15. The molecule has 1 heterocycles. The minimum Gasteiger partial charge on any atom is -0.396 e. The molecule has 0 bridgehead atoms. The van der Waals surface area contributed by atoms with Crippen molar-refractivity contribution in [1.82, 2.24) is 15.5 Å². The van der Waals surface area contributed by atoms with Gasteiger partial charge in [0.2, 0.25) is 0 Å². The van der Waals surface area contributed by atoms with Gasteiger partial charge in [0.15, 0.2) is 0 Å². The number of carbonyl (C=O) groups excluding carboxylic acids is 1. The Morgan fingerprint density at radius 1 is 1.53 bits per heavy atom. The van der Waals surface area contributed by atoms with Gasteiger partial charge in [0.25, 0.3) is 0 Å². The zero-order valence-electron chi connectivity index (χ0n) is 12.3. The molecule has 0 radical (unpaired) electrons. The van der Waals surface area contributed by atoms with Crippen LogP contribution >= 0.6 is 0 Å². The highest BCUT2D eigenvalue weighted by atomic mass is 16.3. The van der Waals surface area contributed by atoms with Crippen LogP contribution in [0.25, 0.3) is 0 Å². The molecule has 1 saturated heterocycles. The Morgan fingerprint density at radius 3 is 3.00 bits per heavy atom. The summed E-state index contributed by atoms with van der Waals surface area (Å²) in [6, 6.07) is 0.0117. The van der Waals surface area contributed by atoms with E-state index in [0.29, 0.717) is 6.54 Å². The molecule has 1 aliphatic heterocycles. The third kappa shape index (κ3) is 7.38. The number of urea groups is 1. The van der Waals surface area contributed by atoms with Gasteiger partial charge in [0.1, 0.15) is 0 Å². The molecule has 1 aliphatic rings. The summed E-state index contributed by atoms with van der Waals surface area (Å²) in [4.78, 5) is 14.0. The van der Waals surface area contributed by atoms with Crippen LogP contribution in [0.5, 0.6) is 0 Å². The number of carbonyl (C=O) groups is 1. The molecule has 0 aromatic carbocycles. The predicted molar refractivity (Wildman–Crippen MR) is 77.2 cm³/mol. The van der Waals surface area contributed by atoms with Gasteiger partial charge in [-0.05, 0) is 45.1 Å². The van der Waals surface area contributed by atoms with Crippen LogP contribution in [0.4, 0.5) is 4.79 Å². The number of amides is 2. The second-order valence-electron chi connectivity index (χ2n) is 5.72. The van der Waals surface area contributed by atoms with Crippen LogP contribution in [-0.2, 0) is 0 Å². The molecule has 112 valence electrons. The maximum atomic E-state index is 11.6. The van der Waals surface area contributed by atoms with E-state index in [1.165, 1.54) is 12.8 Å². The number of likely N-dealkylation sites (tertiary alicyclic amines) is 1. The van der Waals surface area contributed by atoms with Crippen molar-refractivity contribution in [2.24, 2.45) is 5.92 Å². The topological polar surface area (TPSA) is 64.6 Å². The Balaban J connectivity index is 2.06. The molecule has 0 saturated carbocycles. The van der Waals surface area contributed by atoms with Crippen LogP contribution < -0.4 is 10.6 Å². The summed E-state index contributed by atoms with van der Waals surface area (Å²) in [6.45, 7) is 8.36. The van der Waals surface area contributed by atoms with Crippen molar-refractivity contribution < 1.29 is 9.90 Å². The highest BCUT2D eigenvalue weighted by molar-refractivity contribution is 5.74. The normalized spacial score (nSPS) is 21.9. The van der Waals surface area contributed by atoms with Gasteiger partial charge in [-0.15, -0.1) is 0 Å². The molecule has 2 atom stereocenters. The lowest BCUT2D eigenvalue weighted by molar-refractivity contribution is 0.183. The first-order valence-electron chi connectivity index (χ1n) is 7.49. The van der Waals surface area contributed by atoms with Gasteiger partial charge in [-0.3, -0.25) is 0 Å². The maximum absolute atomic E-state index is 11.6. The van der Waals surface area contributed by atoms with Gasteiger partial charge in [-0.2, -0.15) is 0 Å². The van der Waals surface area contributed by atoms with Crippen molar-refractivity contribution in [3.05, 3.63) is 0 Å². The first-order chi connectivity index (χ1) is 9.11. The Morgan fingerprint density at radius 2 is 2.32 bits per heavy atom. The Labute approximate surface area is 116 Å². The van der Waals surface area contributed by atoms with Crippen LogP contribution in [0, 0.1) is 5.92 Å². The van der Waals surface area contributed by atoms with E-state index in [0.717, 1.165) is 38.4 Å². The summed E-state index contributed by atoms with van der Waals surface area (Å²) in [5.41, 5.74) is 0. The zero-order chi connectivity index (χ0) is 14.1. The lowest BCUT2D eigenvalue weighted by Crippen LogP contribution is -2.45. The van der Waals surface area contributed by atoms with Gasteiger partial charge in [0, 0.05) is 32.3 Å². The van der Waals surface area contributed by atoms with E-state index in [1.807, 2.05) is 6.92 Å². The van der Waals surface area contributed by atoms with E-state index >= 15 is 0 Å². The summed E-state index contributed by atoms with van der Waals surface area (Å²) >= 11 is 0. The van der Waals surface area contributed by atoms with Crippen molar-refractivity contribution in [2.75, 3.05) is 32.8 Å². The van der Waals surface area contributed by atoms with E-state index in [-0.39, 0.29) is 18.7 Å². The summed E-state index contributed by atoms with van der Waals surface area (Å²) in [5, 5.41) is 14.5. The molecule has 3 N–H and O–H groups in total. The summed E-state index contributed by atoms with van der Waals surface area (Å²) in [6.07, 6.45) is 4.14. The van der Waals surface area contributed by atoms with Crippen LogP contribution in [0.15, 0.2) is 0 Å². The fourth-order valence-corrected chi connectivity index (χ4v) is 2.56. The average Bonchev–Trinajstić information content (AvgIpc) is 2.36. The van der Waals surface area contributed by atoms with Crippen molar-refractivity contribution in [3.63, 3.8) is 0 Å². The smallest absolute Gasteiger partial charge is 0.315 e. The molecule has 2 unspecified atom stereocenters. The fraction of sp³-hybridized carbons (Fsp3) is 0.929. The molecule has 19 heavy (non-hydrogen) atoms. The predicted octanol–water partition coefficient (Wildman–Crippen LogP) is 1.18. The molecular weight excluding hydrogens is 242 g/mol. The molecule has 1 fully saturated rings. The molecule has 0 aliphatic carbocycles. The van der Waals surface area contributed by atoms with Crippen LogP contribution in [0.2, 0.25) is 0 Å². The van der Waals surface area contributed by atoms with Crippen molar-refractivity contribution in [3.8, 4) is 0 Å². The first kappa shape index (κ1) is 16.2. The number of nitrogens with zero attached hydrogens (tertiary/aromatic N) is 1. The van der Waals surface area contributed by atoms with Gasteiger partial charge in [0.05, 0.1) is 0 Å². The minimum absolute atomic E-state index is 0.101. The quantitative estimate of drug-likeness (QED) is 0.651. The first-order valence-corrected chi connectivity index (χ1v) is 7.49. The van der Waals surface area contributed by atoms with Crippen LogP contribution in [0.3, 0.4) is 0 Å². The van der Waals surface area contributed by atoms with Gasteiger partial charge in [-0.25, -0.2) is 4.79 Å². The van der Waals surface area contributed by atoms with E-state index < -0.39 is 0 Å². The molecule has 0 aromatic heterocycles. The van der Waals surface area contributed by atoms with Crippen molar-refractivity contribution in [2.45, 2.75) is 45.6 Å². The molecule has 5 heteroatoms. The van der Waals surface area contributed by atoms with Crippen molar-refractivity contribution in [1.29, 1.82) is 0 Å². The fourth-order valence-electron chi connectivity index (χ4n) is 2.56. The Bertz CT molecular complexity index is 261. The van der Waals surface area contributed by atoms with E-state index in [4.69, 9.17) is 5.11 Å². The second-order valence-corrected chi connectivity index (χ2v) is 5.72. The number of rotatable bonds is 7. The Hall–Kier alpha value is -0.810. The number of hydrogen-bond acceptors (Lipinski definition) is 3. The lowest BCUT2D eigenvalue weighted by Gasteiger charge is -2.30. The third-order valence-electron chi connectivity index (χ3n) is 3.63. The van der Waals surface area contributed by atoms with E-state index in [1.54, 1.807) is 0 Å². The summed E-state index contributed by atoms with van der Waals surface area (Å²) < 4.78 is 0. The Kier molecular flexibility index (Phi) is 7.82. The van der Waals surface area contributed by atoms with E-state index in [2.05, 4.69) is 22.5 Å². The molecular formula is C14H29N3O2. The molecule has 0 spiro atoms. The zero-order valence-corrected chi connectivity index (χ0v) is 12.3.